The SMILES string of the molecule is Cc1cc([N+](=O)[O-])cc(C)c1OC(=O)c1c2ccccc2[n+](C)c2cc(OCCCC(=O)ON3C(=O)CCC3=O)ccc12.O=S(=O)([O-])F. The number of non-ortho nitro benzene ring substituents is 1. The first kappa shape index (κ1) is 35.3. The molecule has 0 spiro atoms. The summed E-state index contributed by atoms with van der Waals surface area (Å²) in [5.74, 6) is -1.62. The molecule has 1 aromatic heterocycles. The number of carbonyl (C=O) groups excluding carboxylic acids is 4. The second-order valence-electron chi connectivity index (χ2n) is 10.6. The number of carbonyl (C=O) groups is 4. The minimum absolute atomic E-state index is 0.0274. The largest absolute Gasteiger partial charge is 0.722 e. The van der Waals surface area contributed by atoms with Gasteiger partial charge in [-0.3, -0.25) is 19.7 Å². The van der Waals surface area contributed by atoms with Gasteiger partial charge in [0.25, 0.3) is 28.0 Å². The van der Waals surface area contributed by atoms with Crippen LogP contribution in [0.1, 0.15) is 47.2 Å². The minimum Gasteiger partial charge on any atom is -0.722 e. The predicted molar refractivity (Wildman–Crippen MR) is 163 cm³/mol. The summed E-state index contributed by atoms with van der Waals surface area (Å²) in [6.45, 7) is 3.46. The fourth-order valence-electron chi connectivity index (χ4n) is 5.11. The molecule has 3 aromatic carbocycles. The third-order valence-electron chi connectivity index (χ3n) is 7.18. The van der Waals surface area contributed by atoms with Crippen molar-refractivity contribution in [1.29, 1.82) is 0 Å². The van der Waals surface area contributed by atoms with Crippen molar-refractivity contribution in [2.24, 2.45) is 7.05 Å². The summed E-state index contributed by atoms with van der Waals surface area (Å²) in [6.07, 6.45) is 0.280. The molecule has 17 heteroatoms. The summed E-state index contributed by atoms with van der Waals surface area (Å²) in [5, 5.41) is 13.0. The summed E-state index contributed by atoms with van der Waals surface area (Å²) in [7, 11) is -3.55. The molecule has 0 unspecified atom stereocenters. The predicted octanol–water partition coefficient (Wildman–Crippen LogP) is 3.74. The molecule has 0 N–H and O–H groups in total. The van der Waals surface area contributed by atoms with Gasteiger partial charge in [-0.25, -0.2) is 18.0 Å². The molecule has 1 fully saturated rings. The Labute approximate surface area is 272 Å². The fourth-order valence-corrected chi connectivity index (χ4v) is 5.11. The lowest BCUT2D eigenvalue weighted by molar-refractivity contribution is -0.617. The number of aryl methyl sites for hydroxylation is 3. The van der Waals surface area contributed by atoms with E-state index in [0.717, 1.165) is 5.52 Å². The summed E-state index contributed by atoms with van der Waals surface area (Å²) in [4.78, 5) is 64.7. The van der Waals surface area contributed by atoms with Crippen LogP contribution in [-0.4, -0.2) is 53.3 Å². The number of pyridine rings is 1. The van der Waals surface area contributed by atoms with Gasteiger partial charge in [0.15, 0.2) is 0 Å². The fraction of sp³-hybridized carbons (Fsp3) is 0.258. The number of halogens is 1. The Morgan fingerprint density at radius 1 is 0.979 bits per heavy atom. The van der Waals surface area contributed by atoms with Gasteiger partial charge in [-0.1, -0.05) is 12.1 Å². The van der Waals surface area contributed by atoms with Crippen molar-refractivity contribution in [1.82, 2.24) is 5.06 Å². The van der Waals surface area contributed by atoms with E-state index in [1.807, 2.05) is 35.9 Å². The number of ether oxygens (including phenoxy) is 2. The van der Waals surface area contributed by atoms with Crippen LogP contribution < -0.4 is 14.0 Å². The van der Waals surface area contributed by atoms with E-state index in [4.69, 9.17) is 27.3 Å². The molecule has 0 radical (unpaired) electrons. The second-order valence-corrected chi connectivity index (χ2v) is 11.4. The highest BCUT2D eigenvalue weighted by Gasteiger charge is 2.32. The normalized spacial score (nSPS) is 12.9. The molecule has 4 aromatic rings. The van der Waals surface area contributed by atoms with Crippen molar-refractivity contribution >= 4 is 61.8 Å². The van der Waals surface area contributed by atoms with Crippen LogP contribution in [0, 0.1) is 24.0 Å². The first-order valence-electron chi connectivity index (χ1n) is 14.2. The number of rotatable bonds is 9. The van der Waals surface area contributed by atoms with E-state index in [-0.39, 0.29) is 43.7 Å². The number of imide groups is 1. The molecule has 252 valence electrons. The first-order valence-corrected chi connectivity index (χ1v) is 15.5. The Hall–Kier alpha value is -5.55. The molecule has 2 amide bonds. The highest BCUT2D eigenvalue weighted by Crippen LogP contribution is 2.32. The lowest BCUT2D eigenvalue weighted by Gasteiger charge is -2.14. The Morgan fingerprint density at radius 2 is 1.56 bits per heavy atom. The Morgan fingerprint density at radius 3 is 2.17 bits per heavy atom. The summed E-state index contributed by atoms with van der Waals surface area (Å²) < 4.78 is 49.0. The maximum absolute atomic E-state index is 13.7. The van der Waals surface area contributed by atoms with Gasteiger partial charge in [0, 0.05) is 31.0 Å². The number of para-hydroxylation sites is 1. The maximum Gasteiger partial charge on any atom is 0.345 e. The van der Waals surface area contributed by atoms with E-state index in [0.29, 0.717) is 43.8 Å². The molecule has 0 atom stereocenters. The standard InChI is InChI=1S/C31H28N3O9.FHO3S/c1-18-15-20(34(39)40)16-19(2)30(18)42-31(38)29-22-7-4-5-8-24(22)32(3)25-17-21(10-11-23(25)29)41-14-6-9-28(37)43-33-26(35)12-13-27(33)36;1-5(2,3)4/h4-5,7-8,10-11,15-17H,6,9,12-14H2,1-3H3;(H,2,3,4)/q+1;/p-1. The van der Waals surface area contributed by atoms with Gasteiger partial charge in [-0.2, -0.15) is 4.57 Å². The monoisotopic (exact) mass is 685 g/mol. The molecule has 0 aliphatic carbocycles. The summed E-state index contributed by atoms with van der Waals surface area (Å²) in [6, 6.07) is 15.4. The van der Waals surface area contributed by atoms with Gasteiger partial charge in [-0.05, 0) is 49.6 Å². The van der Waals surface area contributed by atoms with Crippen LogP contribution >= 0.6 is 0 Å². The molecule has 15 nitrogen and oxygen atoms in total. The molecule has 1 saturated heterocycles. The van der Waals surface area contributed by atoms with Crippen LogP contribution in [-0.2, 0) is 36.8 Å². The second kappa shape index (κ2) is 14.5. The van der Waals surface area contributed by atoms with Crippen molar-refractivity contribution in [2.45, 2.75) is 39.5 Å². The molecule has 0 bridgehead atoms. The topological polar surface area (TPSA) is 203 Å². The molecule has 1 aliphatic heterocycles. The van der Waals surface area contributed by atoms with Gasteiger partial charge in [0.2, 0.25) is 11.0 Å². The van der Waals surface area contributed by atoms with Gasteiger partial charge in [0.05, 0.1) is 40.4 Å². The van der Waals surface area contributed by atoms with Crippen LogP contribution in [0.3, 0.4) is 0 Å². The molecular formula is C31H28FN3O12S. The van der Waals surface area contributed by atoms with E-state index in [2.05, 4.69) is 0 Å². The van der Waals surface area contributed by atoms with Gasteiger partial charge < -0.3 is 18.9 Å². The number of nitrogens with zero attached hydrogens (tertiary/aromatic N) is 3. The number of hydrogen-bond acceptors (Lipinski definition) is 12. The maximum atomic E-state index is 13.7. The van der Waals surface area contributed by atoms with Crippen LogP contribution in [0.25, 0.3) is 21.8 Å². The number of hydroxylamine groups is 2. The minimum atomic E-state index is -5.42. The number of benzene rings is 3. The van der Waals surface area contributed by atoms with E-state index in [1.165, 1.54) is 12.1 Å². The first-order chi connectivity index (χ1) is 22.5. The molecule has 0 saturated carbocycles. The quantitative estimate of drug-likeness (QED) is 0.0236. The van der Waals surface area contributed by atoms with Crippen LogP contribution in [0.5, 0.6) is 11.5 Å². The zero-order valence-electron chi connectivity index (χ0n) is 25.8. The zero-order valence-corrected chi connectivity index (χ0v) is 26.6. The molecule has 48 heavy (non-hydrogen) atoms. The van der Waals surface area contributed by atoms with Crippen molar-refractivity contribution in [3.05, 3.63) is 81.4 Å². The van der Waals surface area contributed by atoms with Crippen molar-refractivity contribution in [3.8, 4) is 11.5 Å². The van der Waals surface area contributed by atoms with Crippen molar-refractivity contribution in [3.63, 3.8) is 0 Å². The number of nitro groups is 1. The average Bonchev–Trinajstić information content (AvgIpc) is 3.32. The molecular weight excluding hydrogens is 657 g/mol. The average molecular weight is 686 g/mol. The van der Waals surface area contributed by atoms with Crippen LogP contribution in [0.15, 0.2) is 54.6 Å². The highest BCUT2D eigenvalue weighted by atomic mass is 32.3. The molecule has 5 rings (SSSR count). The van der Waals surface area contributed by atoms with Gasteiger partial charge in [0.1, 0.15) is 18.5 Å². The number of hydrogen-bond donors (Lipinski definition) is 0. The summed E-state index contributed by atoms with van der Waals surface area (Å²) in [5.41, 5.74) is 2.64. The Kier molecular flexibility index (Phi) is 10.6. The smallest absolute Gasteiger partial charge is 0.345 e. The van der Waals surface area contributed by atoms with E-state index < -0.39 is 39.2 Å². The number of aromatic nitrogens is 1. The van der Waals surface area contributed by atoms with Crippen LogP contribution in [0.4, 0.5) is 9.57 Å². The van der Waals surface area contributed by atoms with E-state index in [1.54, 1.807) is 32.0 Å². The lowest BCUT2D eigenvalue weighted by atomic mass is 10.0. The summed E-state index contributed by atoms with van der Waals surface area (Å²) >= 11 is 0. The highest BCUT2D eigenvalue weighted by molar-refractivity contribution is 7.80. The Bertz CT molecular complexity index is 2040. The van der Waals surface area contributed by atoms with Gasteiger partial charge >= 0.3 is 11.9 Å². The number of fused-ring (bicyclic) bond motifs is 2. The molecule has 1 aliphatic rings. The van der Waals surface area contributed by atoms with Gasteiger partial charge in [-0.15, -0.1) is 8.95 Å². The Balaban J connectivity index is 0.000000968. The van der Waals surface area contributed by atoms with E-state index in [9.17, 15) is 33.2 Å². The van der Waals surface area contributed by atoms with Crippen molar-refractivity contribution < 1.29 is 59.8 Å². The lowest BCUT2D eigenvalue weighted by Crippen LogP contribution is -2.32. The van der Waals surface area contributed by atoms with Crippen LogP contribution in [0.2, 0.25) is 0 Å². The van der Waals surface area contributed by atoms with Crippen molar-refractivity contribution in [2.75, 3.05) is 6.61 Å². The molecule has 2 heterocycles. The number of nitro benzene ring substituents is 1. The van der Waals surface area contributed by atoms with E-state index >= 15 is 0 Å². The zero-order chi connectivity index (χ0) is 35.3. The number of amides is 2. The third-order valence-corrected chi connectivity index (χ3v) is 7.18. The third kappa shape index (κ3) is 8.42. The number of esters is 1.